The van der Waals surface area contributed by atoms with Crippen molar-refractivity contribution in [3.8, 4) is 0 Å². The molecule has 0 fully saturated rings. The van der Waals surface area contributed by atoms with Crippen molar-refractivity contribution in [3.05, 3.63) is 24.6 Å². The summed E-state index contributed by atoms with van der Waals surface area (Å²) in [5.74, 6) is 1.33. The molecule has 68 valence electrons. The zero-order valence-electron chi connectivity index (χ0n) is 7.14. The van der Waals surface area contributed by atoms with E-state index in [9.17, 15) is 0 Å². The molecule has 0 aromatic heterocycles. The molecule has 2 rings (SSSR count). The van der Waals surface area contributed by atoms with Gasteiger partial charge in [-0.3, -0.25) is 0 Å². The van der Waals surface area contributed by atoms with Crippen LogP contribution in [-0.2, 0) is 9.47 Å². The Hall–Kier alpha value is -1.58. The van der Waals surface area contributed by atoms with Gasteiger partial charge in [0, 0.05) is 12.4 Å². The maximum Gasteiger partial charge on any atom is 0.197 e. The van der Waals surface area contributed by atoms with E-state index in [1.165, 1.54) is 0 Å². The van der Waals surface area contributed by atoms with E-state index < -0.39 is 0 Å². The predicted molar refractivity (Wildman–Crippen MR) is 49.7 cm³/mol. The number of aliphatic imine (C=N–C) groups is 2. The molecule has 0 saturated carbocycles. The van der Waals surface area contributed by atoms with Crippen LogP contribution in [0.1, 0.15) is 6.42 Å². The molecule has 0 amide bonds. The lowest BCUT2D eigenvalue weighted by atomic mass is 10.4. The molecule has 0 aromatic rings. The monoisotopic (exact) mass is 178 g/mol. The van der Waals surface area contributed by atoms with E-state index in [0.717, 1.165) is 0 Å². The minimum absolute atomic E-state index is 0.536. The number of rotatable bonds is 2. The van der Waals surface area contributed by atoms with E-state index in [0.29, 0.717) is 31.4 Å². The minimum Gasteiger partial charge on any atom is -0.476 e. The summed E-state index contributed by atoms with van der Waals surface area (Å²) >= 11 is 0. The molecule has 0 bridgehead atoms. The fourth-order valence-electron chi connectivity index (χ4n) is 1.04. The standard InChI is InChI=1S/C9H10N2O2/c1-3-10-8(12-5-1)7-9-11-4-2-6-13-9/h1-4H,5-7H2. The maximum atomic E-state index is 5.26. The summed E-state index contributed by atoms with van der Waals surface area (Å²) in [6.45, 7) is 1.17. The van der Waals surface area contributed by atoms with Gasteiger partial charge in [-0.05, 0) is 12.2 Å². The number of nitrogens with zero attached hydrogens (tertiary/aromatic N) is 2. The van der Waals surface area contributed by atoms with Gasteiger partial charge >= 0.3 is 0 Å². The Morgan fingerprint density at radius 3 is 1.92 bits per heavy atom. The van der Waals surface area contributed by atoms with Crippen molar-refractivity contribution in [2.75, 3.05) is 13.2 Å². The van der Waals surface area contributed by atoms with Crippen molar-refractivity contribution in [1.82, 2.24) is 0 Å². The van der Waals surface area contributed by atoms with E-state index in [-0.39, 0.29) is 0 Å². The highest BCUT2D eigenvalue weighted by Crippen LogP contribution is 2.03. The summed E-state index contributed by atoms with van der Waals surface area (Å²) in [4.78, 5) is 8.10. The quantitative estimate of drug-likeness (QED) is 0.638. The molecule has 0 spiro atoms. The third kappa shape index (κ3) is 2.18. The normalized spacial score (nSPS) is 20.0. The molecular weight excluding hydrogens is 168 g/mol. The molecule has 0 aliphatic carbocycles. The van der Waals surface area contributed by atoms with Gasteiger partial charge in [-0.25, -0.2) is 9.98 Å². The van der Waals surface area contributed by atoms with Crippen LogP contribution < -0.4 is 0 Å². The number of hydrogen-bond donors (Lipinski definition) is 0. The van der Waals surface area contributed by atoms with Crippen molar-refractivity contribution in [2.45, 2.75) is 6.42 Å². The first-order valence-corrected chi connectivity index (χ1v) is 4.14. The molecule has 0 aromatic carbocycles. The van der Waals surface area contributed by atoms with Crippen LogP contribution in [0.25, 0.3) is 0 Å². The Kier molecular flexibility index (Phi) is 2.40. The first kappa shape index (κ1) is 8.04. The molecule has 0 atom stereocenters. The summed E-state index contributed by atoms with van der Waals surface area (Å²) < 4.78 is 10.5. The zero-order valence-corrected chi connectivity index (χ0v) is 7.14. The number of hydrogen-bond acceptors (Lipinski definition) is 4. The van der Waals surface area contributed by atoms with Gasteiger partial charge in [0.2, 0.25) is 0 Å². The van der Waals surface area contributed by atoms with Gasteiger partial charge in [-0.15, -0.1) is 0 Å². The fourth-order valence-corrected chi connectivity index (χ4v) is 1.04. The van der Waals surface area contributed by atoms with Crippen LogP contribution in [0, 0.1) is 0 Å². The molecule has 13 heavy (non-hydrogen) atoms. The highest BCUT2D eigenvalue weighted by molar-refractivity contribution is 5.97. The van der Waals surface area contributed by atoms with Crippen molar-refractivity contribution >= 4 is 11.8 Å². The van der Waals surface area contributed by atoms with E-state index >= 15 is 0 Å². The third-order valence-corrected chi connectivity index (χ3v) is 1.64. The highest BCUT2D eigenvalue weighted by atomic mass is 16.5. The zero-order chi connectivity index (χ0) is 8.93. The summed E-state index contributed by atoms with van der Waals surface area (Å²) in [6, 6.07) is 0. The lowest BCUT2D eigenvalue weighted by Gasteiger charge is -2.12. The van der Waals surface area contributed by atoms with Crippen LogP contribution in [-0.4, -0.2) is 25.0 Å². The molecule has 2 heterocycles. The predicted octanol–water partition coefficient (Wildman–Crippen LogP) is 1.26. The average Bonchev–Trinajstić information content (AvgIpc) is 2.21. The number of ether oxygens (including phenoxy) is 2. The van der Waals surface area contributed by atoms with Crippen molar-refractivity contribution in [3.63, 3.8) is 0 Å². The summed E-state index contributed by atoms with van der Waals surface area (Å²) in [6.07, 6.45) is 7.71. The fraction of sp³-hybridized carbons (Fsp3) is 0.333. The van der Waals surface area contributed by atoms with Crippen LogP contribution in [0.4, 0.5) is 0 Å². The lowest BCUT2D eigenvalue weighted by Crippen LogP contribution is -2.17. The highest BCUT2D eigenvalue weighted by Gasteiger charge is 2.09. The first-order chi connectivity index (χ1) is 6.45. The second-order valence-corrected chi connectivity index (χ2v) is 2.61. The van der Waals surface area contributed by atoms with Crippen molar-refractivity contribution < 1.29 is 9.47 Å². The molecule has 0 radical (unpaired) electrons. The van der Waals surface area contributed by atoms with E-state index in [2.05, 4.69) is 9.98 Å². The Morgan fingerprint density at radius 2 is 1.54 bits per heavy atom. The Bertz CT molecular complexity index is 273. The maximum absolute atomic E-state index is 5.26. The van der Waals surface area contributed by atoms with E-state index in [1.807, 2.05) is 12.2 Å². The Balaban J connectivity index is 1.96. The van der Waals surface area contributed by atoms with Gasteiger partial charge in [0.05, 0.1) is 0 Å². The molecule has 0 unspecified atom stereocenters. The molecular formula is C9H10N2O2. The second-order valence-electron chi connectivity index (χ2n) is 2.61. The van der Waals surface area contributed by atoms with Crippen LogP contribution in [0.5, 0.6) is 0 Å². The smallest absolute Gasteiger partial charge is 0.197 e. The molecule has 2 aliphatic heterocycles. The van der Waals surface area contributed by atoms with Crippen LogP contribution in [0.3, 0.4) is 0 Å². The van der Waals surface area contributed by atoms with E-state index in [1.54, 1.807) is 12.4 Å². The Labute approximate surface area is 76.3 Å². The molecule has 0 saturated heterocycles. The topological polar surface area (TPSA) is 43.2 Å². The first-order valence-electron chi connectivity index (χ1n) is 4.14. The van der Waals surface area contributed by atoms with Gasteiger partial charge in [0.15, 0.2) is 11.8 Å². The third-order valence-electron chi connectivity index (χ3n) is 1.64. The summed E-state index contributed by atoms with van der Waals surface area (Å²) in [5.41, 5.74) is 0. The summed E-state index contributed by atoms with van der Waals surface area (Å²) in [7, 11) is 0. The van der Waals surface area contributed by atoms with Gasteiger partial charge in [-0.1, -0.05) is 0 Å². The summed E-state index contributed by atoms with van der Waals surface area (Å²) in [5, 5.41) is 0. The van der Waals surface area contributed by atoms with Gasteiger partial charge in [0.1, 0.15) is 19.6 Å². The van der Waals surface area contributed by atoms with Crippen molar-refractivity contribution in [2.24, 2.45) is 9.98 Å². The lowest BCUT2D eigenvalue weighted by molar-refractivity contribution is 0.317. The SMILES string of the molecule is C1=CN=C(CC2=NC=CCO2)OC1. The molecule has 4 heteroatoms. The van der Waals surface area contributed by atoms with E-state index in [4.69, 9.17) is 9.47 Å². The van der Waals surface area contributed by atoms with Crippen molar-refractivity contribution in [1.29, 1.82) is 0 Å². The van der Waals surface area contributed by atoms with Crippen LogP contribution in [0.2, 0.25) is 0 Å². The van der Waals surface area contributed by atoms with Gasteiger partial charge in [0.25, 0.3) is 0 Å². The second kappa shape index (κ2) is 3.89. The largest absolute Gasteiger partial charge is 0.476 e. The molecule has 2 aliphatic rings. The van der Waals surface area contributed by atoms with Crippen LogP contribution in [0.15, 0.2) is 34.5 Å². The van der Waals surface area contributed by atoms with Gasteiger partial charge < -0.3 is 9.47 Å². The molecule has 4 nitrogen and oxygen atoms in total. The Morgan fingerprint density at radius 1 is 1.00 bits per heavy atom. The van der Waals surface area contributed by atoms with Gasteiger partial charge in [-0.2, -0.15) is 0 Å². The van der Waals surface area contributed by atoms with Crippen LogP contribution >= 0.6 is 0 Å². The minimum atomic E-state index is 0.536. The average molecular weight is 178 g/mol. The molecule has 0 N–H and O–H groups in total.